The summed E-state index contributed by atoms with van der Waals surface area (Å²) in [6.45, 7) is 1.92. The maximum atomic E-state index is 10.4. The molecule has 0 aliphatic carbocycles. The topological polar surface area (TPSA) is 80.1 Å². The number of hydrogen-bond acceptors (Lipinski definition) is 5. The number of rotatable bonds is 3. The molecule has 96 valence electrons. The van der Waals surface area contributed by atoms with Gasteiger partial charge in [0.2, 0.25) is 0 Å². The summed E-state index contributed by atoms with van der Waals surface area (Å²) in [6, 6.07) is 3.47. The van der Waals surface area contributed by atoms with E-state index in [4.69, 9.17) is 0 Å². The number of nitro groups is 1. The molecule has 1 atom stereocenters. The van der Waals surface area contributed by atoms with Gasteiger partial charge in [-0.2, -0.15) is 0 Å². The maximum Gasteiger partial charge on any atom is 0.287 e. The molecule has 1 aromatic heterocycles. The van der Waals surface area contributed by atoms with Gasteiger partial charge >= 0.3 is 0 Å². The van der Waals surface area contributed by atoms with Gasteiger partial charge in [-0.1, -0.05) is 0 Å². The Kier molecular flexibility index (Phi) is 6.79. The Bertz CT molecular complexity index is 355. The predicted molar refractivity (Wildman–Crippen MR) is 70.3 cm³/mol. The summed E-state index contributed by atoms with van der Waals surface area (Å²) < 4.78 is 0. The van der Waals surface area contributed by atoms with E-state index in [1.54, 1.807) is 6.07 Å². The van der Waals surface area contributed by atoms with E-state index in [9.17, 15) is 10.1 Å². The van der Waals surface area contributed by atoms with E-state index < -0.39 is 4.92 Å². The fourth-order valence-electron chi connectivity index (χ4n) is 1.57. The molecule has 0 spiro atoms. The van der Waals surface area contributed by atoms with Crippen molar-refractivity contribution in [3.05, 3.63) is 28.4 Å². The van der Waals surface area contributed by atoms with Gasteiger partial charge in [0.05, 0.1) is 4.92 Å². The molecule has 2 N–H and O–H groups in total. The first kappa shape index (κ1) is 15.9. The highest BCUT2D eigenvalue weighted by atomic mass is 35.5. The minimum absolute atomic E-state index is 0. The van der Waals surface area contributed by atoms with Gasteiger partial charge in [-0.25, -0.2) is 4.98 Å². The quantitative estimate of drug-likeness (QED) is 0.650. The Labute approximate surface area is 111 Å². The molecule has 1 saturated heterocycles. The first-order chi connectivity index (χ1) is 7.25. The van der Waals surface area contributed by atoms with Crippen LogP contribution in [0.25, 0.3) is 0 Å². The summed E-state index contributed by atoms with van der Waals surface area (Å²) in [4.78, 5) is 13.9. The highest BCUT2D eigenvalue weighted by molar-refractivity contribution is 5.85. The van der Waals surface area contributed by atoms with Crippen molar-refractivity contribution < 1.29 is 4.92 Å². The molecule has 0 aromatic carbocycles. The van der Waals surface area contributed by atoms with Crippen LogP contribution in [0.5, 0.6) is 0 Å². The number of hydrogen-bond donors (Lipinski definition) is 2. The van der Waals surface area contributed by atoms with Gasteiger partial charge in [-0.05, 0) is 19.0 Å². The zero-order valence-electron chi connectivity index (χ0n) is 8.96. The Morgan fingerprint density at radius 3 is 2.71 bits per heavy atom. The summed E-state index contributed by atoms with van der Waals surface area (Å²) in [6.07, 6.45) is 2.32. The van der Waals surface area contributed by atoms with E-state index in [1.165, 1.54) is 12.3 Å². The average molecular weight is 281 g/mol. The first-order valence-corrected chi connectivity index (χ1v) is 4.83. The molecule has 1 aromatic rings. The van der Waals surface area contributed by atoms with E-state index >= 15 is 0 Å². The molecule has 6 nitrogen and oxygen atoms in total. The first-order valence-electron chi connectivity index (χ1n) is 4.83. The number of pyridine rings is 1. The van der Waals surface area contributed by atoms with Crippen molar-refractivity contribution in [2.24, 2.45) is 0 Å². The molecular formula is C9H14Cl2N4O2. The molecule has 0 saturated carbocycles. The fraction of sp³-hybridized carbons (Fsp3) is 0.444. The predicted octanol–water partition coefficient (Wildman–Crippen LogP) is 1.61. The second-order valence-corrected chi connectivity index (χ2v) is 3.49. The highest BCUT2D eigenvalue weighted by Crippen LogP contribution is 2.13. The second kappa shape index (κ2) is 7.26. The number of anilines is 1. The standard InChI is InChI=1S/C9H12N4O2.2ClH/c14-13(15)8-1-2-9(11-6-8)12-7-3-4-10-5-7;;/h1-2,6-7,10H,3-5H2,(H,11,12);2*1H. The van der Waals surface area contributed by atoms with Crippen molar-refractivity contribution in [2.75, 3.05) is 18.4 Å². The average Bonchev–Trinajstić information content (AvgIpc) is 2.71. The molecule has 0 amide bonds. The van der Waals surface area contributed by atoms with Gasteiger partial charge in [0.1, 0.15) is 12.0 Å². The van der Waals surface area contributed by atoms with Crippen LogP contribution in [0.4, 0.5) is 11.5 Å². The van der Waals surface area contributed by atoms with Crippen molar-refractivity contribution in [3.63, 3.8) is 0 Å². The smallest absolute Gasteiger partial charge is 0.287 e. The summed E-state index contributed by atoms with van der Waals surface area (Å²) >= 11 is 0. The Morgan fingerprint density at radius 2 is 2.24 bits per heavy atom. The number of nitrogens with zero attached hydrogens (tertiary/aromatic N) is 2. The lowest BCUT2D eigenvalue weighted by Gasteiger charge is -2.10. The van der Waals surface area contributed by atoms with Crippen LogP contribution in [0, 0.1) is 10.1 Å². The zero-order chi connectivity index (χ0) is 10.7. The second-order valence-electron chi connectivity index (χ2n) is 3.49. The van der Waals surface area contributed by atoms with E-state index in [0.717, 1.165) is 19.5 Å². The molecule has 1 unspecified atom stereocenters. The maximum absolute atomic E-state index is 10.4. The van der Waals surface area contributed by atoms with Crippen LogP contribution in [-0.4, -0.2) is 29.0 Å². The minimum atomic E-state index is -0.450. The van der Waals surface area contributed by atoms with Crippen LogP contribution in [0.2, 0.25) is 0 Å². The van der Waals surface area contributed by atoms with Crippen LogP contribution in [0.3, 0.4) is 0 Å². The van der Waals surface area contributed by atoms with Crippen molar-refractivity contribution in [1.82, 2.24) is 10.3 Å². The van der Waals surface area contributed by atoms with Gasteiger partial charge in [-0.15, -0.1) is 24.8 Å². The third-order valence-electron chi connectivity index (χ3n) is 2.37. The SMILES string of the molecule is Cl.Cl.O=[N+]([O-])c1ccc(NC2CCNC2)nc1. The third kappa shape index (κ3) is 4.33. The van der Waals surface area contributed by atoms with Gasteiger partial charge in [0, 0.05) is 18.7 Å². The van der Waals surface area contributed by atoms with Crippen molar-refractivity contribution >= 4 is 36.3 Å². The highest BCUT2D eigenvalue weighted by Gasteiger charge is 2.14. The molecule has 2 rings (SSSR count). The van der Waals surface area contributed by atoms with Crippen molar-refractivity contribution in [2.45, 2.75) is 12.5 Å². The lowest BCUT2D eigenvalue weighted by Crippen LogP contribution is -2.22. The van der Waals surface area contributed by atoms with E-state index in [1.807, 2.05) is 0 Å². The van der Waals surface area contributed by atoms with Crippen molar-refractivity contribution in [3.8, 4) is 0 Å². The van der Waals surface area contributed by atoms with E-state index in [-0.39, 0.29) is 30.5 Å². The normalized spacial score (nSPS) is 17.8. The number of aromatic nitrogens is 1. The lowest BCUT2D eigenvalue weighted by molar-refractivity contribution is -0.385. The van der Waals surface area contributed by atoms with Gasteiger partial charge in [0.15, 0.2) is 0 Å². The summed E-state index contributed by atoms with van der Waals surface area (Å²) in [5.41, 5.74) is 0.0186. The molecule has 1 fully saturated rings. The van der Waals surface area contributed by atoms with Crippen LogP contribution in [0.1, 0.15) is 6.42 Å². The lowest BCUT2D eigenvalue weighted by atomic mass is 10.2. The molecule has 0 bridgehead atoms. The number of halogens is 2. The Hall–Kier alpha value is -1.11. The molecule has 1 aliphatic heterocycles. The molecule has 2 heterocycles. The van der Waals surface area contributed by atoms with E-state index in [2.05, 4.69) is 15.6 Å². The Morgan fingerprint density at radius 1 is 1.47 bits per heavy atom. The summed E-state index contributed by atoms with van der Waals surface area (Å²) in [5.74, 6) is 0.689. The third-order valence-corrected chi connectivity index (χ3v) is 2.37. The molecule has 17 heavy (non-hydrogen) atoms. The molecule has 1 aliphatic rings. The van der Waals surface area contributed by atoms with Crippen molar-refractivity contribution in [1.29, 1.82) is 0 Å². The largest absolute Gasteiger partial charge is 0.366 e. The molecule has 0 radical (unpaired) electrons. The summed E-state index contributed by atoms with van der Waals surface area (Å²) in [7, 11) is 0. The Balaban J connectivity index is 0.00000128. The molecule has 8 heteroatoms. The van der Waals surface area contributed by atoms with Gasteiger partial charge in [-0.3, -0.25) is 10.1 Å². The summed E-state index contributed by atoms with van der Waals surface area (Å²) in [5, 5.41) is 16.8. The number of nitrogens with one attached hydrogen (secondary N) is 2. The van der Waals surface area contributed by atoms with Crippen LogP contribution >= 0.6 is 24.8 Å². The van der Waals surface area contributed by atoms with Crippen LogP contribution < -0.4 is 10.6 Å². The van der Waals surface area contributed by atoms with Gasteiger partial charge < -0.3 is 10.6 Å². The van der Waals surface area contributed by atoms with Crippen LogP contribution in [-0.2, 0) is 0 Å². The van der Waals surface area contributed by atoms with Gasteiger partial charge in [0.25, 0.3) is 5.69 Å². The minimum Gasteiger partial charge on any atom is -0.366 e. The van der Waals surface area contributed by atoms with E-state index in [0.29, 0.717) is 11.9 Å². The van der Waals surface area contributed by atoms with Crippen LogP contribution in [0.15, 0.2) is 18.3 Å². The monoisotopic (exact) mass is 280 g/mol. The molecular weight excluding hydrogens is 267 g/mol. The fourth-order valence-corrected chi connectivity index (χ4v) is 1.57. The zero-order valence-corrected chi connectivity index (χ0v) is 10.6.